The van der Waals surface area contributed by atoms with Crippen LogP contribution < -0.4 is 10.6 Å². The minimum absolute atomic E-state index is 0.0336. The van der Waals surface area contributed by atoms with E-state index in [-0.39, 0.29) is 23.2 Å². The Hall–Kier alpha value is -0.750. The van der Waals surface area contributed by atoms with E-state index in [4.69, 9.17) is 5.11 Å². The van der Waals surface area contributed by atoms with E-state index in [1.54, 1.807) is 0 Å². The number of amides is 2. The molecule has 3 N–H and O–H groups in total. The number of hydrogen-bond donors (Lipinski definition) is 3. The van der Waals surface area contributed by atoms with Gasteiger partial charge in [-0.25, -0.2) is 0 Å². The first-order valence-electron chi connectivity index (χ1n) is 5.76. The Balaban J connectivity index is 2.29. The maximum Gasteiger partial charge on any atom is 0.279 e. The molecule has 1 rings (SSSR count). The van der Waals surface area contributed by atoms with Gasteiger partial charge in [-0.3, -0.25) is 9.59 Å². The Labute approximate surface area is 106 Å². The average molecular weight is 260 g/mol. The van der Waals surface area contributed by atoms with E-state index in [1.807, 2.05) is 13.8 Å². The van der Waals surface area contributed by atoms with Crippen molar-refractivity contribution in [3.05, 3.63) is 0 Å². The third-order valence-corrected chi connectivity index (χ3v) is 3.62. The lowest BCUT2D eigenvalue weighted by Crippen LogP contribution is -2.45. The van der Waals surface area contributed by atoms with Crippen LogP contribution in [0.1, 0.15) is 26.7 Å². The van der Waals surface area contributed by atoms with Gasteiger partial charge in [0.2, 0.25) is 5.91 Å². The largest absolute Gasteiger partial charge is 0.396 e. The van der Waals surface area contributed by atoms with Gasteiger partial charge in [-0.1, -0.05) is 25.6 Å². The van der Waals surface area contributed by atoms with Crippen LogP contribution >= 0.6 is 11.8 Å². The predicted molar refractivity (Wildman–Crippen MR) is 67.9 cm³/mol. The summed E-state index contributed by atoms with van der Waals surface area (Å²) in [6, 6.07) is -0.402. The highest BCUT2D eigenvalue weighted by Gasteiger charge is 2.29. The maximum atomic E-state index is 11.7. The van der Waals surface area contributed by atoms with Gasteiger partial charge in [-0.2, -0.15) is 0 Å². The van der Waals surface area contributed by atoms with Gasteiger partial charge in [-0.15, -0.1) is 0 Å². The van der Waals surface area contributed by atoms with Crippen molar-refractivity contribution >= 4 is 22.9 Å². The molecule has 0 saturated carbocycles. The van der Waals surface area contributed by atoms with E-state index in [9.17, 15) is 9.59 Å². The highest BCUT2D eigenvalue weighted by atomic mass is 32.2. The molecule has 0 aromatic heterocycles. The molecule has 6 heteroatoms. The first-order chi connectivity index (χ1) is 7.94. The van der Waals surface area contributed by atoms with Crippen molar-refractivity contribution in [3.8, 4) is 0 Å². The van der Waals surface area contributed by atoms with Crippen LogP contribution in [0.2, 0.25) is 0 Å². The Bertz CT molecular complexity index is 294. The molecule has 1 aliphatic rings. The van der Waals surface area contributed by atoms with Gasteiger partial charge in [-0.05, 0) is 18.3 Å². The second kappa shape index (κ2) is 6.26. The molecule has 1 unspecified atom stereocenters. The van der Waals surface area contributed by atoms with E-state index < -0.39 is 6.04 Å². The molecule has 1 atom stereocenters. The number of rotatable bonds is 6. The summed E-state index contributed by atoms with van der Waals surface area (Å²) < 4.78 is 0. The van der Waals surface area contributed by atoms with Gasteiger partial charge < -0.3 is 15.7 Å². The number of hydrogen-bond acceptors (Lipinski definition) is 4. The molecule has 0 radical (unpaired) electrons. The number of thioether (sulfide) groups is 1. The topological polar surface area (TPSA) is 78.4 Å². The van der Waals surface area contributed by atoms with Crippen LogP contribution in [0.3, 0.4) is 0 Å². The van der Waals surface area contributed by atoms with Gasteiger partial charge in [0.15, 0.2) is 0 Å². The van der Waals surface area contributed by atoms with E-state index >= 15 is 0 Å². The van der Waals surface area contributed by atoms with Crippen molar-refractivity contribution in [2.24, 2.45) is 5.41 Å². The summed E-state index contributed by atoms with van der Waals surface area (Å²) in [7, 11) is 0. The Kier molecular flexibility index (Phi) is 5.27. The number of aliphatic hydroxyl groups is 1. The minimum Gasteiger partial charge on any atom is -0.396 e. The van der Waals surface area contributed by atoms with Crippen LogP contribution in [-0.4, -0.2) is 41.2 Å². The molecule has 0 aromatic rings. The quantitative estimate of drug-likeness (QED) is 0.658. The SMILES string of the molecule is CC(C)(CCCO)CNC(=O)C1CSC(=O)N1. The lowest BCUT2D eigenvalue weighted by Gasteiger charge is -2.25. The molecule has 1 fully saturated rings. The minimum atomic E-state index is -0.402. The molecule has 98 valence electrons. The molecule has 2 amide bonds. The fourth-order valence-corrected chi connectivity index (χ4v) is 2.40. The van der Waals surface area contributed by atoms with Crippen molar-refractivity contribution < 1.29 is 14.7 Å². The Morgan fingerprint density at radius 3 is 2.88 bits per heavy atom. The number of aliphatic hydroxyl groups excluding tert-OH is 1. The van der Waals surface area contributed by atoms with Gasteiger partial charge in [0.25, 0.3) is 5.24 Å². The summed E-state index contributed by atoms with van der Waals surface area (Å²) >= 11 is 1.14. The molecule has 0 spiro atoms. The van der Waals surface area contributed by atoms with Crippen molar-refractivity contribution in [1.82, 2.24) is 10.6 Å². The molecule has 17 heavy (non-hydrogen) atoms. The fourth-order valence-electron chi connectivity index (χ4n) is 1.62. The van der Waals surface area contributed by atoms with Gasteiger partial charge >= 0.3 is 0 Å². The van der Waals surface area contributed by atoms with Crippen LogP contribution in [0.5, 0.6) is 0 Å². The molecule has 1 aliphatic heterocycles. The third kappa shape index (κ3) is 4.95. The molecule has 0 aromatic carbocycles. The lowest BCUT2D eigenvalue weighted by molar-refractivity contribution is -0.122. The standard InChI is InChI=1S/C11H20N2O3S/c1-11(2,4-3-5-14)7-12-9(15)8-6-17-10(16)13-8/h8,14H,3-7H2,1-2H3,(H,12,15)(H,13,16). The normalized spacial score (nSPS) is 20.2. The Morgan fingerprint density at radius 2 is 2.35 bits per heavy atom. The van der Waals surface area contributed by atoms with Crippen LogP contribution in [0.25, 0.3) is 0 Å². The fraction of sp³-hybridized carbons (Fsp3) is 0.818. The second-order valence-corrected chi connectivity index (χ2v) is 6.00. The molecule has 0 bridgehead atoms. The highest BCUT2D eigenvalue weighted by molar-refractivity contribution is 8.14. The van der Waals surface area contributed by atoms with Gasteiger partial charge in [0.05, 0.1) is 0 Å². The number of carbonyl (C=O) groups excluding carboxylic acids is 2. The summed E-state index contributed by atoms with van der Waals surface area (Å²) in [6.07, 6.45) is 1.59. The molecule has 0 aliphatic carbocycles. The van der Waals surface area contributed by atoms with E-state index in [1.165, 1.54) is 0 Å². The molecular formula is C11H20N2O3S. The summed E-state index contributed by atoms with van der Waals surface area (Å²) in [5.41, 5.74) is -0.0336. The zero-order valence-electron chi connectivity index (χ0n) is 10.3. The van der Waals surface area contributed by atoms with Crippen LogP contribution in [0.15, 0.2) is 0 Å². The first-order valence-corrected chi connectivity index (χ1v) is 6.75. The molecule has 1 heterocycles. The Morgan fingerprint density at radius 1 is 1.65 bits per heavy atom. The predicted octanol–water partition coefficient (Wildman–Crippen LogP) is 0.726. The van der Waals surface area contributed by atoms with Gasteiger partial charge in [0.1, 0.15) is 6.04 Å². The maximum absolute atomic E-state index is 11.7. The van der Waals surface area contributed by atoms with Crippen molar-refractivity contribution in [2.75, 3.05) is 18.9 Å². The molecular weight excluding hydrogens is 240 g/mol. The van der Waals surface area contributed by atoms with E-state index in [0.29, 0.717) is 12.3 Å². The zero-order valence-corrected chi connectivity index (χ0v) is 11.1. The summed E-state index contributed by atoms with van der Waals surface area (Å²) in [4.78, 5) is 22.7. The van der Waals surface area contributed by atoms with Crippen molar-refractivity contribution in [2.45, 2.75) is 32.7 Å². The zero-order chi connectivity index (χ0) is 12.9. The highest BCUT2D eigenvalue weighted by Crippen LogP contribution is 2.21. The van der Waals surface area contributed by atoms with Gasteiger partial charge in [0, 0.05) is 18.9 Å². The summed E-state index contributed by atoms with van der Waals surface area (Å²) in [6.45, 7) is 4.82. The monoisotopic (exact) mass is 260 g/mol. The van der Waals surface area contributed by atoms with Crippen molar-refractivity contribution in [1.29, 1.82) is 0 Å². The number of nitrogens with one attached hydrogen (secondary N) is 2. The van der Waals surface area contributed by atoms with Crippen LogP contribution in [0, 0.1) is 5.41 Å². The molecule has 5 nitrogen and oxygen atoms in total. The van der Waals surface area contributed by atoms with Crippen molar-refractivity contribution in [3.63, 3.8) is 0 Å². The number of carbonyl (C=O) groups is 2. The van der Waals surface area contributed by atoms with Crippen LogP contribution in [0.4, 0.5) is 4.79 Å². The lowest BCUT2D eigenvalue weighted by atomic mass is 9.88. The van der Waals surface area contributed by atoms with E-state index in [2.05, 4.69) is 10.6 Å². The summed E-state index contributed by atoms with van der Waals surface area (Å²) in [5.74, 6) is 0.377. The first kappa shape index (κ1) is 14.3. The second-order valence-electron chi connectivity index (χ2n) is 5.00. The smallest absolute Gasteiger partial charge is 0.279 e. The van der Waals surface area contributed by atoms with Crippen LogP contribution in [-0.2, 0) is 4.79 Å². The molecule has 1 saturated heterocycles. The average Bonchev–Trinajstić information content (AvgIpc) is 2.70. The summed E-state index contributed by atoms with van der Waals surface area (Å²) in [5, 5.41) is 14.1. The van der Waals surface area contributed by atoms with E-state index in [0.717, 1.165) is 24.6 Å². The third-order valence-electron chi connectivity index (χ3n) is 2.74.